The fraction of sp³-hybridized carbons (Fsp3) is 0.621. The third-order valence-electron chi connectivity index (χ3n) is 9.23. The van der Waals surface area contributed by atoms with Crippen molar-refractivity contribution in [2.24, 2.45) is 5.41 Å². The molecule has 2 aliphatic carbocycles. The number of benzene rings is 1. The lowest BCUT2D eigenvalue weighted by Gasteiger charge is -2.40. The molecule has 190 valence electrons. The molecule has 2 saturated heterocycles. The lowest BCUT2D eigenvalue weighted by molar-refractivity contribution is 0.187. The third kappa shape index (κ3) is 4.46. The van der Waals surface area contributed by atoms with Crippen molar-refractivity contribution in [3.63, 3.8) is 0 Å². The lowest BCUT2D eigenvalue weighted by Crippen LogP contribution is -2.51. The second-order valence-electron chi connectivity index (χ2n) is 11.6. The number of aryl methyl sites for hydroxylation is 1. The summed E-state index contributed by atoms with van der Waals surface area (Å²) >= 11 is 0. The molecule has 0 saturated carbocycles. The van der Waals surface area contributed by atoms with Crippen molar-refractivity contribution in [1.29, 1.82) is 5.26 Å². The van der Waals surface area contributed by atoms with Crippen LogP contribution in [0, 0.1) is 16.7 Å². The smallest absolute Gasteiger partial charge is 0.318 e. The first-order valence-electron chi connectivity index (χ1n) is 13.7. The van der Waals surface area contributed by atoms with Crippen LogP contribution < -0.4 is 9.64 Å². The van der Waals surface area contributed by atoms with E-state index in [1.807, 2.05) is 0 Å². The molecule has 3 atom stereocenters. The van der Waals surface area contributed by atoms with Gasteiger partial charge in [-0.05, 0) is 82.1 Å². The second kappa shape index (κ2) is 9.64. The fourth-order valence-electron chi connectivity index (χ4n) is 6.93. The van der Waals surface area contributed by atoms with E-state index in [0.29, 0.717) is 25.1 Å². The van der Waals surface area contributed by atoms with E-state index in [2.05, 4.69) is 59.1 Å². The normalized spacial score (nSPS) is 28.2. The van der Waals surface area contributed by atoms with Crippen LogP contribution in [0.4, 0.5) is 5.82 Å². The summed E-state index contributed by atoms with van der Waals surface area (Å²) in [6.45, 7) is 4.46. The van der Waals surface area contributed by atoms with Gasteiger partial charge in [0.2, 0.25) is 0 Å². The first-order chi connectivity index (χ1) is 17.5. The Kier molecular flexibility index (Phi) is 6.35. The number of nitrogens with zero attached hydrogens (tertiary/aromatic N) is 6. The highest BCUT2D eigenvalue weighted by atomic mass is 16.5. The van der Waals surface area contributed by atoms with Gasteiger partial charge >= 0.3 is 6.01 Å². The van der Waals surface area contributed by atoms with E-state index < -0.39 is 0 Å². The largest absolute Gasteiger partial charge is 0.462 e. The summed E-state index contributed by atoms with van der Waals surface area (Å²) in [7, 11) is 4.31. The Morgan fingerprint density at radius 1 is 1.03 bits per heavy atom. The van der Waals surface area contributed by atoms with Crippen molar-refractivity contribution >= 4 is 5.82 Å². The van der Waals surface area contributed by atoms with Crippen LogP contribution >= 0.6 is 0 Å². The van der Waals surface area contributed by atoms with E-state index in [1.165, 1.54) is 41.6 Å². The Balaban J connectivity index is 1.30. The molecular formula is C29H38N6O. The molecule has 0 unspecified atom stereocenters. The number of hydrogen-bond acceptors (Lipinski definition) is 7. The quantitative estimate of drug-likeness (QED) is 0.643. The van der Waals surface area contributed by atoms with Crippen LogP contribution in [0.5, 0.6) is 6.01 Å². The highest BCUT2D eigenvalue weighted by Crippen LogP contribution is 2.48. The van der Waals surface area contributed by atoms with Crippen LogP contribution in [-0.4, -0.2) is 78.7 Å². The van der Waals surface area contributed by atoms with Crippen LogP contribution in [-0.2, 0) is 25.7 Å². The molecular weight excluding hydrogens is 448 g/mol. The molecule has 1 spiro atoms. The van der Waals surface area contributed by atoms with Gasteiger partial charge in [-0.1, -0.05) is 24.3 Å². The number of ether oxygens (including phenoxy) is 1. The van der Waals surface area contributed by atoms with Gasteiger partial charge in [-0.15, -0.1) is 0 Å². The highest BCUT2D eigenvalue weighted by molar-refractivity contribution is 5.54. The predicted octanol–water partition coefficient (Wildman–Crippen LogP) is 3.26. The van der Waals surface area contributed by atoms with Crippen LogP contribution in [0.25, 0.3) is 0 Å². The number of likely N-dealkylation sites (tertiary alicyclic amines) is 1. The van der Waals surface area contributed by atoms with Crippen molar-refractivity contribution in [3.8, 4) is 12.1 Å². The maximum atomic E-state index is 9.39. The highest BCUT2D eigenvalue weighted by Gasteiger charge is 2.43. The molecule has 2 aliphatic heterocycles. The van der Waals surface area contributed by atoms with Crippen LogP contribution in [0.2, 0.25) is 0 Å². The SMILES string of the molecule is CN1CCC[C@H]1COc1nc2c(c(N3CCN(C)[C@@H](CC#N)C3)n1)C[C@]1(CCc3ccccc3C1)C2. The molecule has 7 heteroatoms. The summed E-state index contributed by atoms with van der Waals surface area (Å²) in [4.78, 5) is 17.2. The van der Waals surface area contributed by atoms with E-state index in [9.17, 15) is 5.26 Å². The first kappa shape index (κ1) is 23.7. The van der Waals surface area contributed by atoms with Crippen molar-refractivity contribution in [2.75, 3.05) is 51.8 Å². The van der Waals surface area contributed by atoms with Crippen molar-refractivity contribution in [1.82, 2.24) is 19.8 Å². The minimum Gasteiger partial charge on any atom is -0.462 e. The van der Waals surface area contributed by atoms with Gasteiger partial charge in [-0.25, -0.2) is 0 Å². The molecule has 1 aromatic heterocycles. The molecule has 2 aromatic rings. The second-order valence-corrected chi connectivity index (χ2v) is 11.6. The van der Waals surface area contributed by atoms with E-state index in [-0.39, 0.29) is 11.5 Å². The minimum absolute atomic E-state index is 0.225. The van der Waals surface area contributed by atoms with Gasteiger partial charge in [0.15, 0.2) is 0 Å². The van der Waals surface area contributed by atoms with E-state index in [0.717, 1.165) is 57.7 Å². The molecule has 0 amide bonds. The third-order valence-corrected chi connectivity index (χ3v) is 9.23. The van der Waals surface area contributed by atoms with E-state index >= 15 is 0 Å². The molecule has 4 aliphatic rings. The summed E-state index contributed by atoms with van der Waals surface area (Å²) in [5.74, 6) is 1.06. The minimum atomic E-state index is 0.225. The molecule has 36 heavy (non-hydrogen) atoms. The van der Waals surface area contributed by atoms with Crippen LogP contribution in [0.3, 0.4) is 0 Å². The first-order valence-corrected chi connectivity index (χ1v) is 13.7. The van der Waals surface area contributed by atoms with Crippen LogP contribution in [0.1, 0.15) is 48.1 Å². The number of nitriles is 1. The van der Waals surface area contributed by atoms with Crippen molar-refractivity contribution in [3.05, 3.63) is 46.6 Å². The zero-order valence-corrected chi connectivity index (χ0v) is 21.7. The van der Waals surface area contributed by atoms with E-state index in [4.69, 9.17) is 14.7 Å². The summed E-state index contributed by atoms with van der Waals surface area (Å²) in [5, 5.41) is 9.39. The lowest BCUT2D eigenvalue weighted by atomic mass is 9.70. The average Bonchev–Trinajstić information content (AvgIpc) is 3.46. The molecule has 2 fully saturated rings. The fourth-order valence-corrected chi connectivity index (χ4v) is 6.93. The van der Waals surface area contributed by atoms with Gasteiger partial charge in [0.05, 0.1) is 18.2 Å². The average molecular weight is 487 g/mol. The Labute approximate surface area is 215 Å². The Morgan fingerprint density at radius 3 is 2.67 bits per heavy atom. The Bertz CT molecular complexity index is 1160. The number of rotatable bonds is 5. The van der Waals surface area contributed by atoms with E-state index in [1.54, 1.807) is 0 Å². The van der Waals surface area contributed by atoms with Gasteiger partial charge in [-0.2, -0.15) is 15.2 Å². The molecule has 6 rings (SSSR count). The molecule has 7 nitrogen and oxygen atoms in total. The van der Waals surface area contributed by atoms with Crippen LogP contribution in [0.15, 0.2) is 24.3 Å². The summed E-state index contributed by atoms with van der Waals surface area (Å²) in [6, 6.07) is 12.5. The van der Waals surface area contributed by atoms with Gasteiger partial charge in [-0.3, -0.25) is 4.90 Å². The number of aromatic nitrogens is 2. The summed E-state index contributed by atoms with van der Waals surface area (Å²) < 4.78 is 6.29. The molecule has 0 bridgehead atoms. The zero-order valence-electron chi connectivity index (χ0n) is 21.7. The number of hydrogen-bond donors (Lipinski definition) is 0. The zero-order chi connectivity index (χ0) is 24.7. The van der Waals surface area contributed by atoms with Gasteiger partial charge in [0, 0.05) is 37.3 Å². The number of fused-ring (bicyclic) bond motifs is 2. The Morgan fingerprint density at radius 2 is 1.86 bits per heavy atom. The predicted molar refractivity (Wildman–Crippen MR) is 140 cm³/mol. The van der Waals surface area contributed by atoms with Crippen molar-refractivity contribution < 1.29 is 4.74 Å². The Hall–Kier alpha value is -2.69. The molecule has 0 N–H and O–H groups in total. The topological polar surface area (TPSA) is 68.5 Å². The number of piperazine rings is 1. The van der Waals surface area contributed by atoms with Gasteiger partial charge in [0.1, 0.15) is 12.4 Å². The molecule has 1 aromatic carbocycles. The maximum Gasteiger partial charge on any atom is 0.318 e. The maximum absolute atomic E-state index is 9.39. The number of anilines is 1. The standard InChI is InChI=1S/C29H38N6O/c1-33-13-5-8-24(33)20-36-28-31-26-18-29(11-9-21-6-3-4-7-22(21)16-29)17-25(26)27(32-28)35-15-14-34(2)23(19-35)10-12-30/h3-4,6-7,23-24H,5,8-11,13-20H2,1-2H3/t23-,24-,29+/m0/s1. The monoisotopic (exact) mass is 486 g/mol. The summed E-state index contributed by atoms with van der Waals surface area (Å²) in [6.07, 6.45) is 8.43. The van der Waals surface area contributed by atoms with Gasteiger partial charge in [0.25, 0.3) is 0 Å². The molecule has 0 radical (unpaired) electrons. The van der Waals surface area contributed by atoms with Crippen molar-refractivity contribution in [2.45, 2.75) is 63.5 Å². The number of likely N-dealkylation sites (N-methyl/N-ethyl adjacent to an activating group) is 2. The van der Waals surface area contributed by atoms with Gasteiger partial charge < -0.3 is 14.5 Å². The summed E-state index contributed by atoms with van der Waals surface area (Å²) in [5.41, 5.74) is 5.74. The molecule has 3 heterocycles.